The zero-order valence-corrected chi connectivity index (χ0v) is 12.6. The highest BCUT2D eigenvalue weighted by Gasteiger charge is 2.21. The fraction of sp³-hybridized carbons (Fsp3) is 0.308. The highest BCUT2D eigenvalue weighted by molar-refractivity contribution is 7.92. The summed E-state index contributed by atoms with van der Waals surface area (Å²) in [6.07, 6.45) is 1.16. The quantitative estimate of drug-likeness (QED) is 0.754. The summed E-state index contributed by atoms with van der Waals surface area (Å²) in [7, 11) is -3.81. The molecular weight excluding hydrogens is 292 g/mol. The molecule has 1 aromatic heterocycles. The van der Waals surface area contributed by atoms with E-state index in [1.807, 2.05) is 13.8 Å². The van der Waals surface area contributed by atoms with Crippen LogP contribution in [0.3, 0.4) is 0 Å². The average Bonchev–Trinajstić information content (AvgIpc) is 2.84. The molecule has 1 aromatic carbocycles. The fourth-order valence-electron chi connectivity index (χ4n) is 1.63. The molecule has 114 valence electrons. The molecule has 0 spiro atoms. The van der Waals surface area contributed by atoms with Crippen LogP contribution in [0.1, 0.15) is 13.8 Å². The van der Waals surface area contributed by atoms with Crippen LogP contribution in [0.4, 0.5) is 11.5 Å². The number of nitrogens with one attached hydrogen (secondary N) is 2. The first-order valence-electron chi connectivity index (χ1n) is 6.43. The number of hydrogen-bond donors (Lipinski definition) is 3. The minimum atomic E-state index is -3.81. The first-order chi connectivity index (χ1) is 9.90. The third-order valence-electron chi connectivity index (χ3n) is 2.63. The normalized spacial score (nSPS) is 11.6. The van der Waals surface area contributed by atoms with Crippen molar-refractivity contribution in [3.8, 4) is 5.75 Å². The van der Waals surface area contributed by atoms with Crippen LogP contribution in [0.5, 0.6) is 5.75 Å². The van der Waals surface area contributed by atoms with Gasteiger partial charge in [0.05, 0.1) is 18.5 Å². The zero-order chi connectivity index (χ0) is 15.5. The number of nitrogens with zero attached hydrogens (tertiary/aromatic N) is 1. The summed E-state index contributed by atoms with van der Waals surface area (Å²) < 4.78 is 32.6. The zero-order valence-electron chi connectivity index (χ0n) is 11.8. The number of H-pyrrole nitrogens is 1. The Hall–Kier alpha value is -2.22. The number of nitrogens with two attached hydrogens (primary N) is 1. The van der Waals surface area contributed by atoms with Crippen molar-refractivity contribution >= 4 is 21.5 Å². The number of nitrogen functional groups attached to an aromatic ring is 1. The van der Waals surface area contributed by atoms with E-state index in [0.717, 1.165) is 6.20 Å². The van der Waals surface area contributed by atoms with Gasteiger partial charge in [0.25, 0.3) is 10.0 Å². The van der Waals surface area contributed by atoms with E-state index in [2.05, 4.69) is 14.9 Å². The predicted octanol–water partition coefficient (Wildman–Crippen LogP) is 1.83. The standard InChI is InChI=1S/C13H18N4O3S/c1-9(2)8-20-11-6-4-3-5-10(11)17-21(18,19)12-7-15-16-13(12)14/h3-7,9,17H,8H2,1-2H3,(H3,14,15,16). The summed E-state index contributed by atoms with van der Waals surface area (Å²) in [5.41, 5.74) is 5.91. The second-order valence-electron chi connectivity index (χ2n) is 4.95. The van der Waals surface area contributed by atoms with Gasteiger partial charge < -0.3 is 10.5 Å². The Morgan fingerprint density at radius 2 is 2.10 bits per heavy atom. The van der Waals surface area contributed by atoms with Gasteiger partial charge in [0.1, 0.15) is 16.5 Å². The van der Waals surface area contributed by atoms with Gasteiger partial charge >= 0.3 is 0 Å². The number of benzene rings is 1. The lowest BCUT2D eigenvalue weighted by Crippen LogP contribution is -2.15. The molecule has 8 heteroatoms. The van der Waals surface area contributed by atoms with Crippen LogP contribution < -0.4 is 15.2 Å². The van der Waals surface area contributed by atoms with Gasteiger partial charge in [0.2, 0.25) is 0 Å². The Labute approximate surface area is 123 Å². The topological polar surface area (TPSA) is 110 Å². The summed E-state index contributed by atoms with van der Waals surface area (Å²) >= 11 is 0. The number of aromatic amines is 1. The third kappa shape index (κ3) is 3.66. The fourth-order valence-corrected chi connectivity index (χ4v) is 2.73. The van der Waals surface area contributed by atoms with Gasteiger partial charge in [0, 0.05) is 0 Å². The molecule has 0 bridgehead atoms. The smallest absolute Gasteiger partial charge is 0.267 e. The molecule has 7 nitrogen and oxygen atoms in total. The number of sulfonamides is 1. The summed E-state index contributed by atoms with van der Waals surface area (Å²) in [6, 6.07) is 6.83. The molecule has 4 N–H and O–H groups in total. The van der Waals surface area contributed by atoms with Crippen molar-refractivity contribution in [2.45, 2.75) is 18.7 Å². The average molecular weight is 310 g/mol. The van der Waals surface area contributed by atoms with Crippen molar-refractivity contribution in [3.05, 3.63) is 30.5 Å². The van der Waals surface area contributed by atoms with Gasteiger partial charge in [-0.2, -0.15) is 5.10 Å². The number of hydrogen-bond acceptors (Lipinski definition) is 5. The Morgan fingerprint density at radius 1 is 1.38 bits per heavy atom. The molecule has 0 fully saturated rings. The highest BCUT2D eigenvalue weighted by Crippen LogP contribution is 2.27. The second-order valence-corrected chi connectivity index (χ2v) is 6.61. The van der Waals surface area contributed by atoms with Crippen molar-refractivity contribution in [3.63, 3.8) is 0 Å². The number of aromatic nitrogens is 2. The third-order valence-corrected chi connectivity index (χ3v) is 4.02. The van der Waals surface area contributed by atoms with E-state index in [1.165, 1.54) is 0 Å². The van der Waals surface area contributed by atoms with E-state index in [0.29, 0.717) is 24.0 Å². The van der Waals surface area contributed by atoms with Gasteiger partial charge in [-0.1, -0.05) is 26.0 Å². The molecule has 0 atom stereocenters. The van der Waals surface area contributed by atoms with Crippen LogP contribution in [0, 0.1) is 5.92 Å². The van der Waals surface area contributed by atoms with Crippen molar-refractivity contribution in [1.29, 1.82) is 0 Å². The second kappa shape index (κ2) is 6.04. The van der Waals surface area contributed by atoms with Crippen LogP contribution >= 0.6 is 0 Å². The Morgan fingerprint density at radius 3 is 2.71 bits per heavy atom. The molecule has 0 aliphatic carbocycles. The van der Waals surface area contributed by atoms with Crippen molar-refractivity contribution < 1.29 is 13.2 Å². The first kappa shape index (κ1) is 15.2. The summed E-state index contributed by atoms with van der Waals surface area (Å²) in [6.45, 7) is 4.52. The SMILES string of the molecule is CC(C)COc1ccccc1NS(=O)(=O)c1cn[nH]c1N. The van der Waals surface area contributed by atoms with Gasteiger partial charge in [-0.3, -0.25) is 9.82 Å². The first-order valence-corrected chi connectivity index (χ1v) is 7.92. The highest BCUT2D eigenvalue weighted by atomic mass is 32.2. The molecular formula is C13H18N4O3S. The van der Waals surface area contributed by atoms with Crippen molar-refractivity contribution in [2.75, 3.05) is 17.1 Å². The minimum absolute atomic E-state index is 0.0110. The van der Waals surface area contributed by atoms with E-state index in [4.69, 9.17) is 10.5 Å². The van der Waals surface area contributed by atoms with Crippen LogP contribution in [-0.2, 0) is 10.0 Å². The van der Waals surface area contributed by atoms with E-state index in [9.17, 15) is 8.42 Å². The summed E-state index contributed by atoms with van der Waals surface area (Å²) in [4.78, 5) is -0.0961. The molecule has 0 saturated carbocycles. The lowest BCUT2D eigenvalue weighted by atomic mass is 10.2. The Balaban J connectivity index is 2.25. The molecule has 2 aromatic rings. The van der Waals surface area contributed by atoms with Crippen molar-refractivity contribution in [2.24, 2.45) is 5.92 Å². The van der Waals surface area contributed by atoms with Gasteiger partial charge in [-0.15, -0.1) is 0 Å². The summed E-state index contributed by atoms with van der Waals surface area (Å²) in [5, 5.41) is 6.00. The molecule has 2 rings (SSSR count). The largest absolute Gasteiger partial charge is 0.491 e. The Kier molecular flexibility index (Phi) is 4.37. The monoisotopic (exact) mass is 310 g/mol. The van der Waals surface area contributed by atoms with Crippen molar-refractivity contribution in [1.82, 2.24) is 10.2 Å². The number of rotatable bonds is 6. The maximum Gasteiger partial charge on any atom is 0.267 e. The predicted molar refractivity (Wildman–Crippen MR) is 80.6 cm³/mol. The Bertz CT molecular complexity index is 710. The molecule has 0 unspecified atom stereocenters. The van der Waals surface area contributed by atoms with Crippen LogP contribution in [0.2, 0.25) is 0 Å². The lowest BCUT2D eigenvalue weighted by molar-refractivity contribution is 0.272. The lowest BCUT2D eigenvalue weighted by Gasteiger charge is -2.14. The van der Waals surface area contributed by atoms with Gasteiger partial charge in [-0.25, -0.2) is 8.42 Å². The van der Waals surface area contributed by atoms with E-state index >= 15 is 0 Å². The van der Waals surface area contributed by atoms with E-state index in [1.54, 1.807) is 24.3 Å². The van der Waals surface area contributed by atoms with Crippen LogP contribution in [-0.4, -0.2) is 25.2 Å². The molecule has 0 amide bonds. The molecule has 0 aliphatic rings. The van der Waals surface area contributed by atoms with E-state index in [-0.39, 0.29) is 10.7 Å². The number of para-hydroxylation sites is 2. The number of ether oxygens (including phenoxy) is 1. The van der Waals surface area contributed by atoms with E-state index < -0.39 is 10.0 Å². The summed E-state index contributed by atoms with van der Waals surface area (Å²) in [5.74, 6) is 0.791. The molecule has 0 aliphatic heterocycles. The molecule has 21 heavy (non-hydrogen) atoms. The molecule has 0 saturated heterocycles. The van der Waals surface area contributed by atoms with Gasteiger partial charge in [-0.05, 0) is 18.1 Å². The maximum absolute atomic E-state index is 12.3. The molecule has 0 radical (unpaired) electrons. The minimum Gasteiger partial charge on any atom is -0.491 e. The number of anilines is 2. The molecule has 1 heterocycles. The van der Waals surface area contributed by atoms with Crippen LogP contribution in [0.15, 0.2) is 35.4 Å². The van der Waals surface area contributed by atoms with Gasteiger partial charge in [0.15, 0.2) is 0 Å². The van der Waals surface area contributed by atoms with Crippen LogP contribution in [0.25, 0.3) is 0 Å². The maximum atomic E-state index is 12.3.